The minimum absolute atomic E-state index is 0.130. The Morgan fingerprint density at radius 1 is 0.897 bits per heavy atom. The molecule has 0 saturated carbocycles. The number of carbonyl (C=O) groups excluding carboxylic acids is 2. The van der Waals surface area contributed by atoms with E-state index in [9.17, 15) is 9.59 Å². The zero-order valence-electron chi connectivity index (χ0n) is 15.9. The fourth-order valence-corrected chi connectivity index (χ4v) is 2.87. The van der Waals surface area contributed by atoms with Gasteiger partial charge in [0, 0.05) is 11.4 Å². The standard InChI is InChI=1S/C23H21ClN2O3/c1-16(29-21-13-6-5-12-20(21)24)23(28)26-19-11-7-10-18(15-19)25-22(27)14-17-8-3-2-4-9-17/h2-13,15-16H,14H2,1H3,(H,25,27)(H,26,28). The van der Waals surface area contributed by atoms with Crippen molar-refractivity contribution in [2.75, 3.05) is 10.6 Å². The Labute approximate surface area is 174 Å². The largest absolute Gasteiger partial charge is 0.479 e. The van der Waals surface area contributed by atoms with E-state index in [0.717, 1.165) is 5.56 Å². The second-order valence-electron chi connectivity index (χ2n) is 6.47. The molecule has 0 spiro atoms. The molecule has 29 heavy (non-hydrogen) atoms. The molecule has 1 unspecified atom stereocenters. The van der Waals surface area contributed by atoms with Crippen LogP contribution in [0.5, 0.6) is 5.75 Å². The molecule has 0 heterocycles. The minimum atomic E-state index is -0.744. The first-order chi connectivity index (χ1) is 14.0. The lowest BCUT2D eigenvalue weighted by Crippen LogP contribution is -2.30. The van der Waals surface area contributed by atoms with E-state index in [1.54, 1.807) is 55.5 Å². The number of halogens is 1. The third kappa shape index (κ3) is 6.09. The van der Waals surface area contributed by atoms with Crippen molar-refractivity contribution in [1.82, 2.24) is 0 Å². The predicted molar refractivity (Wildman–Crippen MR) is 115 cm³/mol. The fraction of sp³-hybridized carbons (Fsp3) is 0.130. The van der Waals surface area contributed by atoms with Crippen molar-refractivity contribution in [2.24, 2.45) is 0 Å². The zero-order valence-corrected chi connectivity index (χ0v) is 16.6. The number of benzene rings is 3. The van der Waals surface area contributed by atoms with Gasteiger partial charge >= 0.3 is 0 Å². The Balaban J connectivity index is 1.58. The highest BCUT2D eigenvalue weighted by Gasteiger charge is 2.16. The van der Waals surface area contributed by atoms with E-state index in [4.69, 9.17) is 16.3 Å². The first kappa shape index (κ1) is 20.4. The molecule has 3 rings (SSSR count). The maximum absolute atomic E-state index is 12.4. The molecule has 2 N–H and O–H groups in total. The third-order valence-corrected chi connectivity index (χ3v) is 4.44. The molecule has 1 atom stereocenters. The monoisotopic (exact) mass is 408 g/mol. The van der Waals surface area contributed by atoms with Gasteiger partial charge in [-0.1, -0.05) is 60.1 Å². The SMILES string of the molecule is CC(Oc1ccccc1Cl)C(=O)Nc1cccc(NC(=O)Cc2ccccc2)c1. The number of ether oxygens (including phenoxy) is 1. The van der Waals surface area contributed by atoms with Crippen LogP contribution in [0.2, 0.25) is 5.02 Å². The molecule has 3 aromatic rings. The van der Waals surface area contributed by atoms with Crippen molar-refractivity contribution in [1.29, 1.82) is 0 Å². The molecule has 3 aromatic carbocycles. The maximum Gasteiger partial charge on any atom is 0.265 e. The first-order valence-corrected chi connectivity index (χ1v) is 9.55. The summed E-state index contributed by atoms with van der Waals surface area (Å²) in [5.74, 6) is -0.00785. The summed E-state index contributed by atoms with van der Waals surface area (Å²) in [6.07, 6.45) is -0.466. The summed E-state index contributed by atoms with van der Waals surface area (Å²) in [6, 6.07) is 23.4. The molecule has 0 aliphatic heterocycles. The second-order valence-corrected chi connectivity index (χ2v) is 6.88. The van der Waals surface area contributed by atoms with Crippen LogP contribution in [0, 0.1) is 0 Å². The van der Waals surface area contributed by atoms with Crippen LogP contribution in [-0.4, -0.2) is 17.9 Å². The number of anilines is 2. The molecule has 5 nitrogen and oxygen atoms in total. The van der Waals surface area contributed by atoms with E-state index in [1.807, 2.05) is 30.3 Å². The summed E-state index contributed by atoms with van der Waals surface area (Å²) in [7, 11) is 0. The van der Waals surface area contributed by atoms with Crippen LogP contribution in [-0.2, 0) is 16.0 Å². The lowest BCUT2D eigenvalue weighted by molar-refractivity contribution is -0.122. The lowest BCUT2D eigenvalue weighted by atomic mass is 10.1. The Hall–Kier alpha value is -3.31. The van der Waals surface area contributed by atoms with Gasteiger partial charge in [-0.05, 0) is 42.8 Å². The minimum Gasteiger partial charge on any atom is -0.479 e. The van der Waals surface area contributed by atoms with Crippen molar-refractivity contribution in [2.45, 2.75) is 19.4 Å². The molecular weight excluding hydrogens is 388 g/mol. The van der Waals surface area contributed by atoms with Crippen LogP contribution in [0.3, 0.4) is 0 Å². The van der Waals surface area contributed by atoms with Crippen LogP contribution < -0.4 is 15.4 Å². The Morgan fingerprint density at radius 3 is 2.28 bits per heavy atom. The fourth-order valence-electron chi connectivity index (χ4n) is 2.69. The van der Waals surface area contributed by atoms with Gasteiger partial charge in [-0.15, -0.1) is 0 Å². The van der Waals surface area contributed by atoms with Crippen molar-refractivity contribution in [3.8, 4) is 5.75 Å². The van der Waals surface area contributed by atoms with E-state index in [1.165, 1.54) is 0 Å². The molecule has 0 saturated heterocycles. The van der Waals surface area contributed by atoms with Crippen LogP contribution in [0.25, 0.3) is 0 Å². The third-order valence-electron chi connectivity index (χ3n) is 4.13. The summed E-state index contributed by atoms with van der Waals surface area (Å²) < 4.78 is 5.63. The first-order valence-electron chi connectivity index (χ1n) is 9.17. The second kappa shape index (κ2) is 9.75. The number of hydrogen-bond acceptors (Lipinski definition) is 3. The van der Waals surface area contributed by atoms with Crippen molar-refractivity contribution >= 4 is 34.8 Å². The molecule has 0 radical (unpaired) electrons. The molecule has 0 aliphatic rings. The Bertz CT molecular complexity index is 992. The molecule has 2 amide bonds. The van der Waals surface area contributed by atoms with Gasteiger partial charge in [0.05, 0.1) is 11.4 Å². The van der Waals surface area contributed by atoms with Gasteiger partial charge in [0.1, 0.15) is 5.75 Å². The van der Waals surface area contributed by atoms with Gasteiger partial charge in [0.2, 0.25) is 5.91 Å². The summed E-state index contributed by atoms with van der Waals surface area (Å²) >= 11 is 6.06. The maximum atomic E-state index is 12.4. The molecule has 0 aromatic heterocycles. The van der Waals surface area contributed by atoms with E-state index in [2.05, 4.69) is 10.6 Å². The van der Waals surface area contributed by atoms with Gasteiger partial charge in [0.15, 0.2) is 6.10 Å². The van der Waals surface area contributed by atoms with E-state index in [-0.39, 0.29) is 18.2 Å². The van der Waals surface area contributed by atoms with Gasteiger partial charge in [-0.25, -0.2) is 0 Å². The molecule has 148 valence electrons. The lowest BCUT2D eigenvalue weighted by Gasteiger charge is -2.16. The van der Waals surface area contributed by atoms with Gasteiger partial charge in [-0.3, -0.25) is 9.59 Å². The van der Waals surface area contributed by atoms with Crippen molar-refractivity contribution in [3.63, 3.8) is 0 Å². The average molecular weight is 409 g/mol. The quantitative estimate of drug-likeness (QED) is 0.582. The molecule has 0 bridgehead atoms. The van der Waals surface area contributed by atoms with Crippen LogP contribution in [0.4, 0.5) is 11.4 Å². The van der Waals surface area contributed by atoms with Gasteiger partial charge < -0.3 is 15.4 Å². The van der Waals surface area contributed by atoms with E-state index >= 15 is 0 Å². The highest BCUT2D eigenvalue weighted by molar-refractivity contribution is 6.32. The molecule has 0 fully saturated rings. The van der Waals surface area contributed by atoms with Gasteiger partial charge in [0.25, 0.3) is 5.91 Å². The number of nitrogens with one attached hydrogen (secondary N) is 2. The topological polar surface area (TPSA) is 67.4 Å². The highest BCUT2D eigenvalue weighted by Crippen LogP contribution is 2.24. The van der Waals surface area contributed by atoms with Crippen LogP contribution in [0.15, 0.2) is 78.9 Å². The zero-order chi connectivity index (χ0) is 20.6. The van der Waals surface area contributed by atoms with Crippen LogP contribution >= 0.6 is 11.6 Å². The van der Waals surface area contributed by atoms with Crippen molar-refractivity contribution < 1.29 is 14.3 Å². The number of hydrogen-bond donors (Lipinski definition) is 2. The number of rotatable bonds is 7. The van der Waals surface area contributed by atoms with Crippen molar-refractivity contribution in [3.05, 3.63) is 89.4 Å². The average Bonchev–Trinajstić information content (AvgIpc) is 2.70. The summed E-state index contributed by atoms with van der Waals surface area (Å²) in [5, 5.41) is 6.07. The number of amides is 2. The summed E-state index contributed by atoms with van der Waals surface area (Å²) in [4.78, 5) is 24.7. The molecule has 0 aliphatic carbocycles. The van der Waals surface area contributed by atoms with Crippen LogP contribution in [0.1, 0.15) is 12.5 Å². The Morgan fingerprint density at radius 2 is 1.55 bits per heavy atom. The molecule has 6 heteroatoms. The Kier molecular flexibility index (Phi) is 6.87. The smallest absolute Gasteiger partial charge is 0.265 e. The highest BCUT2D eigenvalue weighted by atomic mass is 35.5. The normalized spacial score (nSPS) is 11.4. The number of para-hydroxylation sites is 1. The summed E-state index contributed by atoms with van der Waals surface area (Å²) in [5.41, 5.74) is 2.09. The predicted octanol–water partition coefficient (Wildman–Crippen LogP) is 4.93. The van der Waals surface area contributed by atoms with Gasteiger partial charge in [-0.2, -0.15) is 0 Å². The van der Waals surface area contributed by atoms with E-state index < -0.39 is 6.10 Å². The van der Waals surface area contributed by atoms with E-state index in [0.29, 0.717) is 22.1 Å². The summed E-state index contributed by atoms with van der Waals surface area (Å²) in [6.45, 7) is 1.64. The molecular formula is C23H21ClN2O3. The number of carbonyl (C=O) groups is 2.